The SMILES string of the molecule is CN(C(=O)Cc1cccc2occc12)[C@@H]1CC[C@]2(CCCO2)C[C@@H]1N1CCCC1. The molecule has 0 unspecified atom stereocenters. The average Bonchev–Trinajstić information content (AvgIpc) is 3.49. The highest BCUT2D eigenvalue weighted by molar-refractivity contribution is 5.87. The van der Waals surface area contributed by atoms with E-state index < -0.39 is 0 Å². The smallest absolute Gasteiger partial charge is 0.227 e. The van der Waals surface area contributed by atoms with E-state index in [2.05, 4.69) is 4.90 Å². The number of likely N-dealkylation sites (N-methyl/N-ethyl adjacent to an activating group) is 1. The van der Waals surface area contributed by atoms with Gasteiger partial charge in [-0.3, -0.25) is 9.69 Å². The summed E-state index contributed by atoms with van der Waals surface area (Å²) in [7, 11) is 2.01. The monoisotopic (exact) mass is 396 g/mol. The van der Waals surface area contributed by atoms with Crippen molar-refractivity contribution in [2.75, 3.05) is 26.7 Å². The minimum absolute atomic E-state index is 0.0655. The molecule has 0 bridgehead atoms. The molecule has 3 fully saturated rings. The third-order valence-corrected chi connectivity index (χ3v) is 7.53. The first-order valence-electron chi connectivity index (χ1n) is 11.2. The number of carbonyl (C=O) groups is 1. The van der Waals surface area contributed by atoms with Gasteiger partial charge in [0.15, 0.2) is 0 Å². The molecule has 1 aliphatic carbocycles. The molecule has 3 heterocycles. The first-order valence-corrected chi connectivity index (χ1v) is 11.2. The Morgan fingerprint density at radius 2 is 2.07 bits per heavy atom. The fourth-order valence-electron chi connectivity index (χ4n) is 5.92. The average molecular weight is 397 g/mol. The van der Waals surface area contributed by atoms with Crippen LogP contribution in [-0.2, 0) is 16.0 Å². The van der Waals surface area contributed by atoms with E-state index in [-0.39, 0.29) is 17.6 Å². The summed E-state index contributed by atoms with van der Waals surface area (Å²) in [6.45, 7) is 3.22. The minimum Gasteiger partial charge on any atom is -0.464 e. The Labute approximate surface area is 173 Å². The number of hydrogen-bond acceptors (Lipinski definition) is 4. The van der Waals surface area contributed by atoms with Gasteiger partial charge in [0.2, 0.25) is 5.91 Å². The fraction of sp³-hybridized carbons (Fsp3) is 0.625. The van der Waals surface area contributed by atoms with Crippen LogP contribution in [-0.4, -0.2) is 60.1 Å². The number of amides is 1. The summed E-state index contributed by atoms with van der Waals surface area (Å²) in [6, 6.07) is 8.64. The lowest BCUT2D eigenvalue weighted by molar-refractivity contribution is -0.136. The van der Waals surface area contributed by atoms with Crippen molar-refractivity contribution in [2.24, 2.45) is 0 Å². The molecule has 3 aliphatic rings. The highest BCUT2D eigenvalue weighted by Crippen LogP contribution is 2.43. The van der Waals surface area contributed by atoms with E-state index >= 15 is 0 Å². The molecule has 0 radical (unpaired) electrons. The van der Waals surface area contributed by atoms with E-state index in [1.165, 1.54) is 25.7 Å². The van der Waals surface area contributed by atoms with Crippen molar-refractivity contribution >= 4 is 16.9 Å². The van der Waals surface area contributed by atoms with E-state index in [1.807, 2.05) is 36.2 Å². The molecular formula is C24H32N2O3. The summed E-state index contributed by atoms with van der Waals surface area (Å²) in [5, 5.41) is 1.05. The molecule has 1 aromatic carbocycles. The maximum absolute atomic E-state index is 13.3. The van der Waals surface area contributed by atoms with Crippen molar-refractivity contribution < 1.29 is 13.9 Å². The molecule has 1 spiro atoms. The molecule has 2 saturated heterocycles. The van der Waals surface area contributed by atoms with Crippen molar-refractivity contribution in [2.45, 2.75) is 69.1 Å². The first kappa shape index (κ1) is 19.1. The zero-order chi connectivity index (χ0) is 19.8. The first-order chi connectivity index (χ1) is 14.2. The molecule has 5 rings (SSSR count). The third kappa shape index (κ3) is 3.59. The van der Waals surface area contributed by atoms with Crippen molar-refractivity contribution in [3.05, 3.63) is 36.1 Å². The molecule has 0 N–H and O–H groups in total. The maximum atomic E-state index is 13.3. The van der Waals surface area contributed by atoms with E-state index in [9.17, 15) is 4.79 Å². The standard InChI is InChI=1S/C24H32N2O3/c1-25(23(27)16-18-6-4-7-22-19(18)9-15-28-22)20-8-11-24(10-5-14-29-24)17-21(20)26-12-2-3-13-26/h4,6-7,9,15,20-21H,2-3,5,8,10-14,16-17H2,1H3/t20-,21+,24-/m1/s1. The van der Waals surface area contributed by atoms with Gasteiger partial charge in [-0.15, -0.1) is 0 Å². The van der Waals surface area contributed by atoms with Gasteiger partial charge in [-0.2, -0.15) is 0 Å². The van der Waals surface area contributed by atoms with Gasteiger partial charge in [-0.05, 0) is 75.7 Å². The van der Waals surface area contributed by atoms with Gasteiger partial charge in [0, 0.05) is 31.1 Å². The van der Waals surface area contributed by atoms with Gasteiger partial charge < -0.3 is 14.1 Å². The molecular weight excluding hydrogens is 364 g/mol. The van der Waals surface area contributed by atoms with Crippen LogP contribution in [0.2, 0.25) is 0 Å². The summed E-state index contributed by atoms with van der Waals surface area (Å²) in [5.41, 5.74) is 1.97. The molecule has 29 heavy (non-hydrogen) atoms. The summed E-state index contributed by atoms with van der Waals surface area (Å²) in [6.07, 6.45) is 10.2. The number of fused-ring (bicyclic) bond motifs is 1. The number of furan rings is 1. The second kappa shape index (κ2) is 7.77. The molecule has 156 valence electrons. The van der Waals surface area contributed by atoms with Gasteiger partial charge in [0.1, 0.15) is 5.58 Å². The predicted octanol–water partition coefficient (Wildman–Crippen LogP) is 4.00. The Morgan fingerprint density at radius 3 is 2.86 bits per heavy atom. The number of rotatable bonds is 4. The van der Waals surface area contributed by atoms with Crippen molar-refractivity contribution in [1.82, 2.24) is 9.80 Å². The van der Waals surface area contributed by atoms with E-state index in [0.717, 1.165) is 55.5 Å². The van der Waals surface area contributed by atoms with Crippen molar-refractivity contribution in [1.29, 1.82) is 0 Å². The van der Waals surface area contributed by atoms with E-state index in [1.54, 1.807) is 6.26 Å². The van der Waals surface area contributed by atoms with E-state index in [0.29, 0.717) is 12.5 Å². The van der Waals surface area contributed by atoms with Gasteiger partial charge in [0.25, 0.3) is 0 Å². The Morgan fingerprint density at radius 1 is 1.21 bits per heavy atom. The molecule has 3 atom stereocenters. The van der Waals surface area contributed by atoms with Gasteiger partial charge in [0.05, 0.1) is 18.3 Å². The molecule has 5 heteroatoms. The van der Waals surface area contributed by atoms with Gasteiger partial charge >= 0.3 is 0 Å². The fourth-order valence-corrected chi connectivity index (χ4v) is 5.92. The molecule has 1 saturated carbocycles. The van der Waals surface area contributed by atoms with Gasteiger partial charge in [-0.1, -0.05) is 12.1 Å². The number of benzene rings is 1. The number of carbonyl (C=O) groups excluding carboxylic acids is 1. The van der Waals surface area contributed by atoms with Crippen molar-refractivity contribution in [3.8, 4) is 0 Å². The van der Waals surface area contributed by atoms with Crippen LogP contribution in [0.25, 0.3) is 11.0 Å². The highest BCUT2D eigenvalue weighted by Gasteiger charge is 2.47. The zero-order valence-corrected chi connectivity index (χ0v) is 17.4. The third-order valence-electron chi connectivity index (χ3n) is 7.53. The lowest BCUT2D eigenvalue weighted by Gasteiger charge is -2.48. The van der Waals surface area contributed by atoms with Crippen LogP contribution in [0, 0.1) is 0 Å². The molecule has 1 aromatic heterocycles. The molecule has 2 aromatic rings. The largest absolute Gasteiger partial charge is 0.464 e. The van der Waals surface area contributed by atoms with Crippen LogP contribution in [0.1, 0.15) is 50.5 Å². The maximum Gasteiger partial charge on any atom is 0.227 e. The predicted molar refractivity (Wildman–Crippen MR) is 113 cm³/mol. The van der Waals surface area contributed by atoms with Crippen LogP contribution < -0.4 is 0 Å². The number of nitrogens with zero attached hydrogens (tertiary/aromatic N) is 2. The van der Waals surface area contributed by atoms with Gasteiger partial charge in [-0.25, -0.2) is 0 Å². The molecule has 2 aliphatic heterocycles. The molecule has 5 nitrogen and oxygen atoms in total. The lowest BCUT2D eigenvalue weighted by Crippen LogP contribution is -2.58. The zero-order valence-electron chi connectivity index (χ0n) is 17.4. The second-order valence-electron chi connectivity index (χ2n) is 9.19. The number of hydrogen-bond donors (Lipinski definition) is 0. The Hall–Kier alpha value is -1.85. The van der Waals surface area contributed by atoms with E-state index in [4.69, 9.17) is 9.15 Å². The van der Waals surface area contributed by atoms with Crippen LogP contribution in [0.15, 0.2) is 34.9 Å². The number of ether oxygens (including phenoxy) is 1. The van der Waals surface area contributed by atoms with Crippen LogP contribution in [0.3, 0.4) is 0 Å². The quantitative estimate of drug-likeness (QED) is 0.784. The Balaban J connectivity index is 1.34. The normalized spacial score (nSPS) is 30.4. The second-order valence-corrected chi connectivity index (χ2v) is 9.19. The summed E-state index contributed by atoms with van der Waals surface area (Å²) >= 11 is 0. The van der Waals surface area contributed by atoms with Crippen molar-refractivity contribution in [3.63, 3.8) is 0 Å². The summed E-state index contributed by atoms with van der Waals surface area (Å²) in [4.78, 5) is 18.0. The Kier molecular flexibility index (Phi) is 5.12. The van der Waals surface area contributed by atoms with Crippen LogP contribution in [0.4, 0.5) is 0 Å². The minimum atomic E-state index is 0.0655. The summed E-state index contributed by atoms with van der Waals surface area (Å²) < 4.78 is 11.8. The topological polar surface area (TPSA) is 45.9 Å². The number of likely N-dealkylation sites (tertiary alicyclic amines) is 1. The Bertz CT molecular complexity index is 864. The molecule has 1 amide bonds. The summed E-state index contributed by atoms with van der Waals surface area (Å²) in [5.74, 6) is 0.205. The van der Waals surface area contributed by atoms with Crippen LogP contribution >= 0.6 is 0 Å². The highest BCUT2D eigenvalue weighted by atomic mass is 16.5. The lowest BCUT2D eigenvalue weighted by atomic mass is 9.76. The van der Waals surface area contributed by atoms with Crippen LogP contribution in [0.5, 0.6) is 0 Å².